The first-order valence-corrected chi connectivity index (χ1v) is 7.02. The lowest BCUT2D eigenvalue weighted by Gasteiger charge is -2.35. The maximum atomic E-state index is 12.3. The molecule has 1 aliphatic rings. The maximum Gasteiger partial charge on any atom is 0.249 e. The highest BCUT2D eigenvalue weighted by atomic mass is 35.5. The van der Waals surface area contributed by atoms with Crippen LogP contribution >= 0.6 is 23.2 Å². The number of amides is 1. The normalized spacial score (nSPS) is 18.2. The number of nitrogens with zero attached hydrogens (tertiary/aromatic N) is 1. The zero-order valence-corrected chi connectivity index (χ0v) is 12.1. The molecule has 19 heavy (non-hydrogen) atoms. The van der Waals surface area contributed by atoms with Gasteiger partial charge in [0.15, 0.2) is 0 Å². The summed E-state index contributed by atoms with van der Waals surface area (Å²) in [4.78, 5) is 14.0. The summed E-state index contributed by atoms with van der Waals surface area (Å²) in [7, 11) is 0. The van der Waals surface area contributed by atoms with E-state index in [-0.39, 0.29) is 18.6 Å². The van der Waals surface area contributed by atoms with Gasteiger partial charge in [-0.2, -0.15) is 0 Å². The Kier molecular flexibility index (Phi) is 4.55. The number of hydrogen-bond donors (Lipinski definition) is 2. The van der Waals surface area contributed by atoms with Gasteiger partial charge in [-0.05, 0) is 25.0 Å². The van der Waals surface area contributed by atoms with Gasteiger partial charge in [-0.3, -0.25) is 4.79 Å². The van der Waals surface area contributed by atoms with E-state index in [1.54, 1.807) is 17.0 Å². The minimum absolute atomic E-state index is 0.00170. The molecular weight excluding hydrogens is 287 g/mol. The first-order valence-electron chi connectivity index (χ1n) is 6.26. The van der Waals surface area contributed by atoms with E-state index in [1.165, 1.54) is 0 Å². The van der Waals surface area contributed by atoms with Crippen LogP contribution in [0.3, 0.4) is 0 Å². The molecule has 1 aromatic carbocycles. The van der Waals surface area contributed by atoms with Crippen LogP contribution in [0.5, 0.6) is 0 Å². The number of fused-ring (bicyclic) bond motifs is 1. The molecule has 2 N–H and O–H groups in total. The van der Waals surface area contributed by atoms with E-state index < -0.39 is 0 Å². The number of aliphatic hydroxyl groups excluding tert-OH is 1. The molecular formula is C13H16Cl2N2O2. The number of anilines is 2. The van der Waals surface area contributed by atoms with Crippen LogP contribution in [-0.4, -0.2) is 30.2 Å². The lowest BCUT2D eigenvalue weighted by molar-refractivity contribution is -0.119. The van der Waals surface area contributed by atoms with Crippen LogP contribution in [-0.2, 0) is 4.79 Å². The van der Waals surface area contributed by atoms with Crippen molar-refractivity contribution in [3.63, 3.8) is 0 Å². The van der Waals surface area contributed by atoms with Crippen molar-refractivity contribution in [3.8, 4) is 0 Å². The van der Waals surface area contributed by atoms with E-state index in [0.29, 0.717) is 29.4 Å². The molecule has 6 heteroatoms. The van der Waals surface area contributed by atoms with Crippen LogP contribution in [0, 0.1) is 0 Å². The summed E-state index contributed by atoms with van der Waals surface area (Å²) in [6.45, 7) is 2.46. The van der Waals surface area contributed by atoms with Crippen molar-refractivity contribution in [1.29, 1.82) is 0 Å². The molecule has 1 aromatic rings. The largest absolute Gasteiger partial charge is 0.396 e. The molecule has 2 rings (SSSR count). The number of benzene rings is 1. The summed E-state index contributed by atoms with van der Waals surface area (Å²) in [5.41, 5.74) is 1.52. The van der Waals surface area contributed by atoms with E-state index >= 15 is 0 Å². The minimum Gasteiger partial charge on any atom is -0.396 e. The molecule has 1 heterocycles. The van der Waals surface area contributed by atoms with E-state index in [2.05, 4.69) is 5.32 Å². The Morgan fingerprint density at radius 2 is 2.05 bits per heavy atom. The number of carbonyl (C=O) groups excluding carboxylic acids is 1. The molecule has 1 amide bonds. The van der Waals surface area contributed by atoms with E-state index in [1.807, 2.05) is 6.92 Å². The zero-order chi connectivity index (χ0) is 14.0. The second-order valence-electron chi connectivity index (χ2n) is 4.46. The highest BCUT2D eigenvalue weighted by molar-refractivity contribution is 6.42. The van der Waals surface area contributed by atoms with Crippen LogP contribution < -0.4 is 10.2 Å². The second kappa shape index (κ2) is 5.99. The molecule has 0 bridgehead atoms. The fourth-order valence-electron chi connectivity index (χ4n) is 2.17. The second-order valence-corrected chi connectivity index (χ2v) is 5.27. The third kappa shape index (κ3) is 2.81. The third-order valence-corrected chi connectivity index (χ3v) is 3.89. The van der Waals surface area contributed by atoms with Gasteiger partial charge in [0, 0.05) is 13.2 Å². The Bertz CT molecular complexity index is 494. The highest BCUT2D eigenvalue weighted by Gasteiger charge is 2.31. The average Bonchev–Trinajstić information content (AvgIpc) is 2.39. The van der Waals surface area contributed by atoms with Crippen molar-refractivity contribution in [3.05, 3.63) is 22.2 Å². The van der Waals surface area contributed by atoms with Gasteiger partial charge < -0.3 is 15.3 Å². The fraction of sp³-hybridized carbons (Fsp3) is 0.462. The standard InChI is InChI=1S/C13H16Cl2N2O2/c1-2-10-13(19)17(4-3-5-18)12-7-9(15)8(14)6-11(12)16-10/h6-7,10,16,18H,2-5H2,1H3. The molecule has 0 saturated heterocycles. The molecule has 0 aliphatic carbocycles. The van der Waals surface area contributed by atoms with Gasteiger partial charge in [0.25, 0.3) is 0 Å². The van der Waals surface area contributed by atoms with E-state index in [0.717, 1.165) is 11.4 Å². The Morgan fingerprint density at radius 3 is 2.68 bits per heavy atom. The Balaban J connectivity index is 2.42. The highest BCUT2D eigenvalue weighted by Crippen LogP contribution is 2.38. The summed E-state index contributed by atoms with van der Waals surface area (Å²) in [6, 6.07) is 3.16. The third-order valence-electron chi connectivity index (χ3n) is 3.17. The lowest BCUT2D eigenvalue weighted by atomic mass is 10.1. The first kappa shape index (κ1) is 14.4. The van der Waals surface area contributed by atoms with Gasteiger partial charge in [0.2, 0.25) is 5.91 Å². The van der Waals surface area contributed by atoms with Gasteiger partial charge in [0.05, 0.1) is 21.4 Å². The van der Waals surface area contributed by atoms with Crippen molar-refractivity contribution in [2.45, 2.75) is 25.8 Å². The van der Waals surface area contributed by atoms with E-state index in [4.69, 9.17) is 28.3 Å². The molecule has 104 valence electrons. The average molecular weight is 303 g/mol. The molecule has 0 spiro atoms. The van der Waals surface area contributed by atoms with Crippen LogP contribution in [0.25, 0.3) is 0 Å². The monoisotopic (exact) mass is 302 g/mol. The molecule has 0 saturated carbocycles. The van der Waals surface area contributed by atoms with Crippen molar-refractivity contribution in [1.82, 2.24) is 0 Å². The predicted octanol–water partition coefficient (Wildman–Crippen LogP) is 2.91. The van der Waals surface area contributed by atoms with Gasteiger partial charge in [-0.25, -0.2) is 0 Å². The van der Waals surface area contributed by atoms with Crippen LogP contribution in [0.2, 0.25) is 10.0 Å². The van der Waals surface area contributed by atoms with Crippen molar-refractivity contribution < 1.29 is 9.90 Å². The smallest absolute Gasteiger partial charge is 0.249 e. The summed E-state index contributed by atoms with van der Waals surface area (Å²) < 4.78 is 0. The van der Waals surface area contributed by atoms with E-state index in [9.17, 15) is 4.79 Å². The molecule has 1 atom stereocenters. The Hall–Kier alpha value is -0.970. The topological polar surface area (TPSA) is 52.6 Å². The predicted molar refractivity (Wildman–Crippen MR) is 78.2 cm³/mol. The summed E-state index contributed by atoms with van der Waals surface area (Å²) in [6.07, 6.45) is 1.22. The van der Waals surface area contributed by atoms with Crippen molar-refractivity contribution >= 4 is 40.5 Å². The number of halogens is 2. The van der Waals surface area contributed by atoms with Gasteiger partial charge in [-0.15, -0.1) is 0 Å². The minimum atomic E-state index is -0.261. The van der Waals surface area contributed by atoms with Gasteiger partial charge in [-0.1, -0.05) is 30.1 Å². The number of nitrogens with one attached hydrogen (secondary N) is 1. The molecule has 4 nitrogen and oxygen atoms in total. The fourth-order valence-corrected chi connectivity index (χ4v) is 2.49. The Labute approximate surface area is 122 Å². The van der Waals surface area contributed by atoms with Crippen LogP contribution in [0.15, 0.2) is 12.1 Å². The number of aliphatic hydroxyl groups is 1. The summed E-state index contributed by atoms with van der Waals surface area (Å²) in [5, 5.41) is 13.0. The Morgan fingerprint density at radius 1 is 1.37 bits per heavy atom. The molecule has 0 aromatic heterocycles. The molecule has 0 fully saturated rings. The molecule has 0 radical (unpaired) electrons. The maximum absolute atomic E-state index is 12.3. The van der Waals surface area contributed by atoms with Crippen molar-refractivity contribution in [2.75, 3.05) is 23.4 Å². The number of hydrogen-bond acceptors (Lipinski definition) is 3. The van der Waals surface area contributed by atoms with Gasteiger partial charge >= 0.3 is 0 Å². The van der Waals surface area contributed by atoms with Crippen LogP contribution in [0.4, 0.5) is 11.4 Å². The molecule has 1 unspecified atom stereocenters. The summed E-state index contributed by atoms with van der Waals surface area (Å²) in [5.74, 6) is 0.00170. The zero-order valence-electron chi connectivity index (χ0n) is 10.6. The number of carbonyl (C=O) groups is 1. The SMILES string of the molecule is CCC1Nc2cc(Cl)c(Cl)cc2N(CCCO)C1=O. The van der Waals surface area contributed by atoms with Crippen molar-refractivity contribution in [2.24, 2.45) is 0 Å². The first-order chi connectivity index (χ1) is 9.08. The lowest BCUT2D eigenvalue weighted by Crippen LogP contribution is -2.47. The summed E-state index contributed by atoms with van der Waals surface area (Å²) >= 11 is 12.0. The van der Waals surface area contributed by atoms with Gasteiger partial charge in [0.1, 0.15) is 6.04 Å². The van der Waals surface area contributed by atoms with Crippen LogP contribution in [0.1, 0.15) is 19.8 Å². The quantitative estimate of drug-likeness (QED) is 0.899. The number of rotatable bonds is 4. The molecule has 1 aliphatic heterocycles.